The van der Waals surface area contributed by atoms with Gasteiger partial charge in [-0.15, -0.1) is 0 Å². The van der Waals surface area contributed by atoms with Crippen molar-refractivity contribution < 1.29 is 0 Å². The van der Waals surface area contributed by atoms with E-state index in [1.54, 1.807) is 6.20 Å². The first-order valence-corrected chi connectivity index (χ1v) is 11.7. The first kappa shape index (κ1) is 21.2. The molecule has 3 aromatic carbocycles. The Hall–Kier alpha value is -4.40. The molecule has 6 rings (SSSR count). The standard InChI is InChI=1S/C29H20ClN5/c1-18-23(15-19-8-10-21(30)11-9-19)28(33-22-12-13-25-20(16-22)5-4-14-32-25)35-27-7-3-2-6-26(27)34-29(35)24(18)17-31/h2-14,16,33H,15H2,1H3. The molecule has 0 spiro atoms. The van der Waals surface area contributed by atoms with Gasteiger partial charge in [-0.05, 0) is 66.6 Å². The number of para-hydroxylation sites is 2. The molecule has 35 heavy (non-hydrogen) atoms. The number of pyridine rings is 2. The minimum absolute atomic E-state index is 0.582. The first-order chi connectivity index (χ1) is 17.1. The second-order valence-corrected chi connectivity index (χ2v) is 8.97. The van der Waals surface area contributed by atoms with E-state index in [1.807, 2.05) is 79.7 Å². The molecule has 1 N–H and O–H groups in total. The van der Waals surface area contributed by atoms with E-state index in [4.69, 9.17) is 16.6 Å². The summed E-state index contributed by atoms with van der Waals surface area (Å²) in [5.41, 5.74) is 7.95. The second kappa shape index (κ2) is 8.43. The van der Waals surface area contributed by atoms with Gasteiger partial charge in [-0.3, -0.25) is 9.38 Å². The molecule has 0 amide bonds. The highest BCUT2D eigenvalue weighted by Crippen LogP contribution is 2.34. The number of hydrogen-bond donors (Lipinski definition) is 1. The normalized spacial score (nSPS) is 11.2. The summed E-state index contributed by atoms with van der Waals surface area (Å²) in [5, 5.41) is 15.5. The van der Waals surface area contributed by atoms with Crippen LogP contribution in [0.15, 0.2) is 85.1 Å². The molecule has 168 valence electrons. The average Bonchev–Trinajstić information content (AvgIpc) is 3.26. The molecule has 3 aromatic heterocycles. The minimum atomic E-state index is 0.582. The number of anilines is 2. The average molecular weight is 474 g/mol. The molecule has 5 nitrogen and oxygen atoms in total. The number of benzene rings is 3. The van der Waals surface area contributed by atoms with Crippen molar-refractivity contribution in [2.75, 3.05) is 5.32 Å². The van der Waals surface area contributed by atoms with E-state index in [0.29, 0.717) is 22.7 Å². The zero-order valence-electron chi connectivity index (χ0n) is 19.0. The quantitative estimate of drug-likeness (QED) is 0.294. The Labute approximate surface area is 207 Å². The summed E-state index contributed by atoms with van der Waals surface area (Å²) in [7, 11) is 0. The van der Waals surface area contributed by atoms with E-state index < -0.39 is 0 Å². The molecule has 6 heteroatoms. The van der Waals surface area contributed by atoms with Crippen LogP contribution in [0.4, 0.5) is 11.5 Å². The molecule has 0 unspecified atom stereocenters. The molecule has 0 bridgehead atoms. The first-order valence-electron chi connectivity index (χ1n) is 11.3. The van der Waals surface area contributed by atoms with Crippen molar-refractivity contribution in [3.8, 4) is 6.07 Å². The van der Waals surface area contributed by atoms with E-state index >= 15 is 0 Å². The fraction of sp³-hybridized carbons (Fsp3) is 0.0690. The molecule has 0 saturated carbocycles. The van der Waals surface area contributed by atoms with E-state index in [0.717, 1.165) is 50.1 Å². The summed E-state index contributed by atoms with van der Waals surface area (Å²) in [6.45, 7) is 2.00. The van der Waals surface area contributed by atoms with Gasteiger partial charge in [0.2, 0.25) is 0 Å². The maximum absolute atomic E-state index is 10.1. The van der Waals surface area contributed by atoms with E-state index in [-0.39, 0.29) is 0 Å². The molecule has 0 aliphatic carbocycles. The van der Waals surface area contributed by atoms with E-state index in [9.17, 15) is 5.26 Å². The van der Waals surface area contributed by atoms with Crippen LogP contribution >= 0.6 is 11.6 Å². The van der Waals surface area contributed by atoms with Gasteiger partial charge in [-0.25, -0.2) is 4.98 Å². The summed E-state index contributed by atoms with van der Waals surface area (Å²) in [6, 6.07) is 28.3. The lowest BCUT2D eigenvalue weighted by molar-refractivity contribution is 1.08. The number of imidazole rings is 1. The van der Waals surface area contributed by atoms with Gasteiger partial charge in [0, 0.05) is 34.3 Å². The number of nitrogens with one attached hydrogen (secondary N) is 1. The van der Waals surface area contributed by atoms with Crippen molar-refractivity contribution in [1.29, 1.82) is 5.26 Å². The van der Waals surface area contributed by atoms with Crippen LogP contribution in [0.2, 0.25) is 5.02 Å². The number of halogens is 1. The summed E-state index contributed by atoms with van der Waals surface area (Å²) < 4.78 is 2.07. The number of nitrogens with zero attached hydrogens (tertiary/aromatic N) is 4. The van der Waals surface area contributed by atoms with Crippen LogP contribution in [0.25, 0.3) is 27.6 Å². The monoisotopic (exact) mass is 473 g/mol. The molecule has 0 aliphatic rings. The molecule has 0 atom stereocenters. The zero-order valence-corrected chi connectivity index (χ0v) is 19.7. The van der Waals surface area contributed by atoms with Crippen LogP contribution in [0, 0.1) is 18.3 Å². The molecule has 0 fully saturated rings. The minimum Gasteiger partial charge on any atom is -0.341 e. The lowest BCUT2D eigenvalue weighted by Crippen LogP contribution is -2.09. The number of fused-ring (bicyclic) bond motifs is 4. The Morgan fingerprint density at radius 2 is 1.80 bits per heavy atom. The second-order valence-electron chi connectivity index (χ2n) is 8.54. The Morgan fingerprint density at radius 1 is 0.971 bits per heavy atom. The van der Waals surface area contributed by atoms with Crippen LogP contribution in [-0.2, 0) is 6.42 Å². The Balaban J connectivity index is 1.63. The Morgan fingerprint density at radius 3 is 2.63 bits per heavy atom. The van der Waals surface area contributed by atoms with Crippen molar-refractivity contribution in [1.82, 2.24) is 14.4 Å². The maximum Gasteiger partial charge on any atom is 0.157 e. The van der Waals surface area contributed by atoms with Gasteiger partial charge >= 0.3 is 0 Å². The molecule has 0 radical (unpaired) electrons. The molecule has 0 aliphatic heterocycles. The van der Waals surface area contributed by atoms with Crippen molar-refractivity contribution in [2.45, 2.75) is 13.3 Å². The highest BCUT2D eigenvalue weighted by molar-refractivity contribution is 6.30. The Bertz CT molecular complexity index is 1780. The van der Waals surface area contributed by atoms with Crippen LogP contribution < -0.4 is 5.32 Å². The summed E-state index contributed by atoms with van der Waals surface area (Å²) in [4.78, 5) is 9.27. The number of nitriles is 1. The van der Waals surface area contributed by atoms with E-state index in [2.05, 4.69) is 26.8 Å². The SMILES string of the molecule is Cc1c(Cc2ccc(Cl)cc2)c(Nc2ccc3ncccc3c2)n2c(nc3ccccc32)c1C#N. The van der Waals surface area contributed by atoms with Crippen molar-refractivity contribution in [2.24, 2.45) is 0 Å². The molecule has 6 aromatic rings. The van der Waals surface area contributed by atoms with Gasteiger partial charge in [0.15, 0.2) is 5.65 Å². The third-order valence-corrected chi connectivity index (χ3v) is 6.65. The molecular weight excluding hydrogens is 454 g/mol. The molecular formula is C29H20ClN5. The Kier molecular flexibility index (Phi) is 5.09. The molecule has 3 heterocycles. The third-order valence-electron chi connectivity index (χ3n) is 6.39. The van der Waals surface area contributed by atoms with Crippen LogP contribution in [-0.4, -0.2) is 14.4 Å². The lowest BCUT2D eigenvalue weighted by atomic mass is 9.97. The van der Waals surface area contributed by atoms with E-state index in [1.165, 1.54) is 0 Å². The van der Waals surface area contributed by atoms with Gasteiger partial charge in [-0.2, -0.15) is 5.26 Å². The fourth-order valence-electron chi connectivity index (χ4n) is 4.63. The van der Waals surface area contributed by atoms with Crippen molar-refractivity contribution in [3.05, 3.63) is 112 Å². The number of rotatable bonds is 4. The van der Waals surface area contributed by atoms with Gasteiger partial charge in [0.25, 0.3) is 0 Å². The summed E-state index contributed by atoms with van der Waals surface area (Å²) in [5.74, 6) is 0.892. The lowest BCUT2D eigenvalue weighted by Gasteiger charge is -2.19. The zero-order chi connectivity index (χ0) is 23.9. The molecule has 0 saturated heterocycles. The smallest absolute Gasteiger partial charge is 0.157 e. The van der Waals surface area contributed by atoms with Crippen LogP contribution in [0.1, 0.15) is 22.3 Å². The maximum atomic E-state index is 10.1. The highest BCUT2D eigenvalue weighted by atomic mass is 35.5. The number of aromatic nitrogens is 3. The summed E-state index contributed by atoms with van der Waals surface area (Å²) >= 11 is 6.14. The van der Waals surface area contributed by atoms with Crippen molar-refractivity contribution in [3.63, 3.8) is 0 Å². The topological polar surface area (TPSA) is 66.0 Å². The van der Waals surface area contributed by atoms with Gasteiger partial charge in [0.1, 0.15) is 11.9 Å². The third kappa shape index (κ3) is 3.65. The van der Waals surface area contributed by atoms with Crippen molar-refractivity contribution >= 4 is 50.7 Å². The highest BCUT2D eigenvalue weighted by Gasteiger charge is 2.21. The van der Waals surface area contributed by atoms with Gasteiger partial charge in [-0.1, -0.05) is 41.9 Å². The van der Waals surface area contributed by atoms with Crippen LogP contribution in [0.5, 0.6) is 0 Å². The predicted octanol–water partition coefficient (Wildman–Crippen LogP) is 7.20. The fourth-order valence-corrected chi connectivity index (χ4v) is 4.76. The number of hydrogen-bond acceptors (Lipinski definition) is 4. The predicted molar refractivity (Wildman–Crippen MR) is 141 cm³/mol. The largest absolute Gasteiger partial charge is 0.341 e. The summed E-state index contributed by atoms with van der Waals surface area (Å²) in [6.07, 6.45) is 2.43. The van der Waals surface area contributed by atoms with Gasteiger partial charge in [0.05, 0.1) is 22.1 Å². The van der Waals surface area contributed by atoms with Crippen LogP contribution in [0.3, 0.4) is 0 Å². The van der Waals surface area contributed by atoms with Gasteiger partial charge < -0.3 is 5.32 Å².